The maximum atomic E-state index is 11.8. The van der Waals surface area contributed by atoms with Gasteiger partial charge in [-0.25, -0.2) is 0 Å². The fourth-order valence-corrected chi connectivity index (χ4v) is 3.73. The van der Waals surface area contributed by atoms with Gasteiger partial charge in [0.15, 0.2) is 28.6 Å². The van der Waals surface area contributed by atoms with Crippen LogP contribution in [0.1, 0.15) is 13.3 Å². The Kier molecular flexibility index (Phi) is 8.17. The zero-order valence-electron chi connectivity index (χ0n) is 16.5. The summed E-state index contributed by atoms with van der Waals surface area (Å²) in [4.78, 5) is 11.8. The summed E-state index contributed by atoms with van der Waals surface area (Å²) in [7, 11) is 3.25. The fraction of sp³-hybridized carbons (Fsp3) is 0.381. The van der Waals surface area contributed by atoms with E-state index in [-0.39, 0.29) is 11.0 Å². The van der Waals surface area contributed by atoms with Gasteiger partial charge in [0.1, 0.15) is 6.61 Å². The van der Waals surface area contributed by atoms with Crippen molar-refractivity contribution in [2.75, 3.05) is 27.4 Å². The van der Waals surface area contributed by atoms with Gasteiger partial charge in [-0.15, -0.1) is 6.58 Å². The molecule has 0 saturated carbocycles. The summed E-state index contributed by atoms with van der Waals surface area (Å²) in [6, 6.07) is 7.50. The highest BCUT2D eigenvalue weighted by molar-refractivity contribution is 7.95. The number of carbonyl (C=O) groups is 1. The smallest absolute Gasteiger partial charge is 0.185 e. The van der Waals surface area contributed by atoms with Crippen molar-refractivity contribution >= 4 is 17.8 Å². The Balaban J connectivity index is 0.000000209. The summed E-state index contributed by atoms with van der Waals surface area (Å²) < 4.78 is 21.4. The van der Waals surface area contributed by atoms with E-state index in [1.165, 1.54) is 18.1 Å². The largest absolute Gasteiger partial charge is 0.493 e. The number of para-hydroxylation sites is 2. The Bertz CT molecular complexity index is 761. The number of methoxy groups -OCH3 is 2. The van der Waals surface area contributed by atoms with E-state index in [1.807, 2.05) is 37.3 Å². The van der Waals surface area contributed by atoms with Crippen molar-refractivity contribution in [3.63, 3.8) is 0 Å². The molecule has 7 heteroatoms. The molecular weight excluding hydrogens is 378 g/mol. The first-order chi connectivity index (χ1) is 13.5. The molecule has 2 unspecified atom stereocenters. The van der Waals surface area contributed by atoms with Crippen LogP contribution in [-0.2, 0) is 13.7 Å². The van der Waals surface area contributed by atoms with Crippen LogP contribution >= 0.6 is 12.0 Å². The first-order valence-corrected chi connectivity index (χ1v) is 9.76. The normalized spacial score (nSPS) is 22.7. The fourth-order valence-electron chi connectivity index (χ4n) is 2.88. The van der Waals surface area contributed by atoms with Gasteiger partial charge in [0.2, 0.25) is 0 Å². The van der Waals surface area contributed by atoms with Gasteiger partial charge < -0.3 is 24.1 Å². The SMILES string of the molecule is C=CCC1=CC2(OC)C(=CC1=O)OSC2C.COc1ccccc1OCCN. The molecule has 2 atom stereocenters. The lowest BCUT2D eigenvalue weighted by Crippen LogP contribution is -2.39. The molecule has 0 aromatic heterocycles. The number of hydrogen-bond donors (Lipinski definition) is 1. The van der Waals surface area contributed by atoms with Crippen LogP contribution in [0.2, 0.25) is 0 Å². The maximum absolute atomic E-state index is 11.8. The third kappa shape index (κ3) is 4.79. The zero-order valence-corrected chi connectivity index (χ0v) is 17.3. The second kappa shape index (κ2) is 10.4. The standard InChI is InChI=1S/C12H14O3S.C9H13NO2/c1-4-5-9-7-12(14-3)8(2)16-15-11(12)6-10(9)13;1-11-8-4-2-3-5-9(8)12-7-6-10/h4,6-8H,1,5H2,2-3H3;2-5H,6-7,10H2,1H3. The lowest BCUT2D eigenvalue weighted by Gasteiger charge is -2.29. The molecule has 152 valence electrons. The molecule has 0 radical (unpaired) electrons. The van der Waals surface area contributed by atoms with Gasteiger partial charge in [-0.1, -0.05) is 18.2 Å². The summed E-state index contributed by atoms with van der Waals surface area (Å²) in [5, 5.41) is 0.136. The van der Waals surface area contributed by atoms with E-state index < -0.39 is 5.60 Å². The molecule has 3 rings (SSSR count). The molecule has 1 aromatic carbocycles. The van der Waals surface area contributed by atoms with Crippen molar-refractivity contribution in [1.82, 2.24) is 0 Å². The van der Waals surface area contributed by atoms with Gasteiger partial charge in [0.25, 0.3) is 0 Å². The molecule has 2 aliphatic rings. The number of fused-ring (bicyclic) bond motifs is 1. The minimum absolute atomic E-state index is 0.0164. The minimum Gasteiger partial charge on any atom is -0.493 e. The first kappa shape index (κ1) is 22.1. The summed E-state index contributed by atoms with van der Waals surface area (Å²) >= 11 is 1.33. The Morgan fingerprint density at radius 2 is 2.04 bits per heavy atom. The average molecular weight is 406 g/mol. The average Bonchev–Trinajstić information content (AvgIpc) is 3.03. The first-order valence-electron chi connectivity index (χ1n) is 8.95. The molecule has 0 spiro atoms. The van der Waals surface area contributed by atoms with E-state index in [9.17, 15) is 4.79 Å². The third-order valence-electron chi connectivity index (χ3n) is 4.39. The van der Waals surface area contributed by atoms with Crippen LogP contribution in [0, 0.1) is 0 Å². The number of ether oxygens (including phenoxy) is 3. The van der Waals surface area contributed by atoms with Crippen molar-refractivity contribution in [3.8, 4) is 11.5 Å². The lowest BCUT2D eigenvalue weighted by molar-refractivity contribution is -0.112. The molecule has 1 fully saturated rings. The molecule has 2 N–H and O–H groups in total. The molecule has 0 bridgehead atoms. The number of allylic oxidation sites excluding steroid dienone is 3. The van der Waals surface area contributed by atoms with Crippen molar-refractivity contribution in [3.05, 3.63) is 60.4 Å². The van der Waals surface area contributed by atoms with Gasteiger partial charge in [-0.05, 0) is 31.6 Å². The molecule has 1 saturated heterocycles. The van der Waals surface area contributed by atoms with Gasteiger partial charge >= 0.3 is 0 Å². The molecule has 28 heavy (non-hydrogen) atoms. The van der Waals surface area contributed by atoms with Crippen molar-refractivity contribution < 1.29 is 23.2 Å². The van der Waals surface area contributed by atoms with E-state index in [0.717, 1.165) is 17.1 Å². The third-order valence-corrected chi connectivity index (χ3v) is 5.30. The molecule has 1 aromatic rings. The number of hydrogen-bond acceptors (Lipinski definition) is 7. The van der Waals surface area contributed by atoms with Crippen LogP contribution in [0.5, 0.6) is 11.5 Å². The van der Waals surface area contributed by atoms with E-state index in [1.54, 1.807) is 20.3 Å². The van der Waals surface area contributed by atoms with Crippen molar-refractivity contribution in [2.24, 2.45) is 5.73 Å². The van der Waals surface area contributed by atoms with Gasteiger partial charge in [-0.2, -0.15) is 0 Å². The monoisotopic (exact) mass is 405 g/mol. The second-order valence-corrected chi connectivity index (χ2v) is 7.21. The minimum atomic E-state index is -0.586. The highest BCUT2D eigenvalue weighted by atomic mass is 32.2. The van der Waals surface area contributed by atoms with E-state index in [0.29, 0.717) is 25.3 Å². The predicted octanol–water partition coefficient (Wildman–Crippen LogP) is 3.44. The predicted molar refractivity (Wildman–Crippen MR) is 111 cm³/mol. The maximum Gasteiger partial charge on any atom is 0.185 e. The highest BCUT2D eigenvalue weighted by Gasteiger charge is 2.49. The Hall–Kier alpha value is -2.22. The summed E-state index contributed by atoms with van der Waals surface area (Å²) in [5.74, 6) is 2.07. The number of ketones is 1. The summed E-state index contributed by atoms with van der Waals surface area (Å²) in [6.07, 6.45) is 5.68. The molecule has 1 aliphatic heterocycles. The molecule has 1 heterocycles. The lowest BCUT2D eigenvalue weighted by atomic mass is 9.86. The van der Waals surface area contributed by atoms with Crippen LogP contribution in [0.15, 0.2) is 60.4 Å². The number of benzene rings is 1. The highest BCUT2D eigenvalue weighted by Crippen LogP contribution is 2.47. The van der Waals surface area contributed by atoms with E-state index in [2.05, 4.69) is 6.58 Å². The zero-order chi connectivity index (χ0) is 20.6. The molecule has 6 nitrogen and oxygen atoms in total. The second-order valence-electron chi connectivity index (χ2n) is 6.14. The summed E-state index contributed by atoms with van der Waals surface area (Å²) in [6.45, 7) is 6.70. The van der Waals surface area contributed by atoms with Crippen LogP contribution in [-0.4, -0.2) is 44.0 Å². The summed E-state index contributed by atoms with van der Waals surface area (Å²) in [5.41, 5.74) is 5.44. The molecule has 1 aliphatic carbocycles. The van der Waals surface area contributed by atoms with Crippen LogP contribution < -0.4 is 15.2 Å². The van der Waals surface area contributed by atoms with Crippen LogP contribution in [0.4, 0.5) is 0 Å². The Morgan fingerprint density at radius 3 is 2.64 bits per heavy atom. The van der Waals surface area contributed by atoms with Gasteiger partial charge in [0, 0.05) is 25.3 Å². The van der Waals surface area contributed by atoms with Crippen LogP contribution in [0.3, 0.4) is 0 Å². The molecular formula is C21H27NO5S. The van der Waals surface area contributed by atoms with Gasteiger partial charge in [-0.3, -0.25) is 4.79 Å². The number of rotatable bonds is 7. The van der Waals surface area contributed by atoms with E-state index in [4.69, 9.17) is 24.1 Å². The van der Waals surface area contributed by atoms with Crippen molar-refractivity contribution in [1.29, 1.82) is 0 Å². The Morgan fingerprint density at radius 1 is 1.32 bits per heavy atom. The Labute approximate surface area is 170 Å². The van der Waals surface area contributed by atoms with Gasteiger partial charge in [0.05, 0.1) is 24.4 Å². The van der Waals surface area contributed by atoms with Crippen molar-refractivity contribution in [2.45, 2.75) is 24.2 Å². The quantitative estimate of drug-likeness (QED) is 0.550. The number of nitrogens with two attached hydrogens (primary N) is 1. The molecule has 0 amide bonds. The topological polar surface area (TPSA) is 80.0 Å². The van der Waals surface area contributed by atoms with Crippen LogP contribution in [0.25, 0.3) is 0 Å². The van der Waals surface area contributed by atoms with E-state index >= 15 is 0 Å². The number of carbonyl (C=O) groups excluding carboxylic acids is 1.